The fourth-order valence-electron chi connectivity index (χ4n) is 2.69. The van der Waals surface area contributed by atoms with Crippen LogP contribution in [0.2, 0.25) is 0 Å². The highest BCUT2D eigenvalue weighted by atomic mass is 15.1. The highest BCUT2D eigenvalue weighted by Crippen LogP contribution is 2.26. The molecule has 1 aliphatic carbocycles. The lowest BCUT2D eigenvalue weighted by Crippen LogP contribution is -2.26. The van der Waals surface area contributed by atoms with Gasteiger partial charge in [-0.1, -0.05) is 20.8 Å². The number of nitrogens with zero attached hydrogens (tertiary/aromatic N) is 2. The van der Waals surface area contributed by atoms with E-state index in [4.69, 9.17) is 0 Å². The van der Waals surface area contributed by atoms with Gasteiger partial charge in [-0.3, -0.25) is 0 Å². The van der Waals surface area contributed by atoms with E-state index < -0.39 is 0 Å². The Labute approximate surface area is 122 Å². The Bertz CT molecular complexity index is 411. The van der Waals surface area contributed by atoms with E-state index in [9.17, 15) is 0 Å². The Balaban J connectivity index is 2.02. The average molecular weight is 276 g/mol. The molecule has 1 saturated carbocycles. The van der Waals surface area contributed by atoms with E-state index in [0.717, 1.165) is 42.8 Å². The zero-order valence-corrected chi connectivity index (χ0v) is 13.1. The van der Waals surface area contributed by atoms with Gasteiger partial charge in [-0.25, -0.2) is 9.97 Å². The highest BCUT2D eigenvalue weighted by Gasteiger charge is 2.18. The second kappa shape index (κ2) is 7.46. The summed E-state index contributed by atoms with van der Waals surface area (Å²) in [7, 11) is 0. The summed E-state index contributed by atoms with van der Waals surface area (Å²) >= 11 is 0. The third kappa shape index (κ3) is 4.36. The van der Waals surface area contributed by atoms with E-state index in [1.54, 1.807) is 0 Å². The van der Waals surface area contributed by atoms with Gasteiger partial charge >= 0.3 is 0 Å². The van der Waals surface area contributed by atoms with Gasteiger partial charge in [-0.15, -0.1) is 0 Å². The zero-order chi connectivity index (χ0) is 14.4. The normalized spacial score (nSPS) is 22.6. The third-order valence-electron chi connectivity index (χ3n) is 4.01. The van der Waals surface area contributed by atoms with Crippen molar-refractivity contribution in [2.24, 2.45) is 5.92 Å². The van der Waals surface area contributed by atoms with Gasteiger partial charge in [-0.2, -0.15) is 0 Å². The molecule has 0 spiro atoms. The van der Waals surface area contributed by atoms with Crippen LogP contribution in [0.25, 0.3) is 0 Å². The molecule has 0 aromatic carbocycles. The van der Waals surface area contributed by atoms with Crippen molar-refractivity contribution in [2.75, 3.05) is 17.2 Å². The van der Waals surface area contributed by atoms with Crippen molar-refractivity contribution in [3.63, 3.8) is 0 Å². The van der Waals surface area contributed by atoms with Crippen LogP contribution in [0, 0.1) is 5.92 Å². The van der Waals surface area contributed by atoms with Crippen molar-refractivity contribution >= 4 is 11.6 Å². The maximum Gasteiger partial charge on any atom is 0.132 e. The smallest absolute Gasteiger partial charge is 0.132 e. The molecular formula is C16H28N4. The van der Waals surface area contributed by atoms with Crippen LogP contribution in [-0.4, -0.2) is 22.6 Å². The number of hydrogen-bond acceptors (Lipinski definition) is 4. The second-order valence-electron chi connectivity index (χ2n) is 5.94. The van der Waals surface area contributed by atoms with E-state index in [-0.39, 0.29) is 0 Å². The number of hydrogen-bond donors (Lipinski definition) is 2. The molecule has 4 nitrogen and oxygen atoms in total. The Morgan fingerprint density at radius 3 is 2.45 bits per heavy atom. The van der Waals surface area contributed by atoms with Crippen molar-refractivity contribution < 1.29 is 0 Å². The molecule has 20 heavy (non-hydrogen) atoms. The maximum atomic E-state index is 4.61. The van der Waals surface area contributed by atoms with Gasteiger partial charge in [0.15, 0.2) is 0 Å². The fourth-order valence-corrected chi connectivity index (χ4v) is 2.69. The van der Waals surface area contributed by atoms with Crippen LogP contribution in [0.1, 0.15) is 58.7 Å². The van der Waals surface area contributed by atoms with Crippen molar-refractivity contribution in [1.82, 2.24) is 9.97 Å². The van der Waals surface area contributed by atoms with Crippen LogP contribution in [0.5, 0.6) is 0 Å². The van der Waals surface area contributed by atoms with Crippen LogP contribution in [0.4, 0.5) is 11.6 Å². The number of aromatic nitrogens is 2. The number of nitrogens with one attached hydrogen (secondary N) is 2. The third-order valence-corrected chi connectivity index (χ3v) is 4.01. The predicted molar refractivity (Wildman–Crippen MR) is 85.2 cm³/mol. The summed E-state index contributed by atoms with van der Waals surface area (Å²) in [5, 5.41) is 6.96. The van der Waals surface area contributed by atoms with Crippen molar-refractivity contribution in [3.05, 3.63) is 11.9 Å². The molecule has 1 heterocycles. The van der Waals surface area contributed by atoms with E-state index in [2.05, 4.69) is 41.4 Å². The van der Waals surface area contributed by atoms with Gasteiger partial charge in [-0.05, 0) is 38.0 Å². The summed E-state index contributed by atoms with van der Waals surface area (Å²) < 4.78 is 0. The monoisotopic (exact) mass is 276 g/mol. The quantitative estimate of drug-likeness (QED) is 0.828. The van der Waals surface area contributed by atoms with Crippen molar-refractivity contribution in [3.8, 4) is 0 Å². The molecule has 4 heteroatoms. The van der Waals surface area contributed by atoms with Gasteiger partial charge in [0.25, 0.3) is 0 Å². The van der Waals surface area contributed by atoms with Gasteiger partial charge in [0.2, 0.25) is 0 Å². The zero-order valence-electron chi connectivity index (χ0n) is 13.1. The molecule has 0 saturated heterocycles. The first-order chi connectivity index (χ1) is 9.71. The van der Waals surface area contributed by atoms with Gasteiger partial charge < -0.3 is 10.6 Å². The number of anilines is 2. The molecule has 2 rings (SSSR count). The summed E-state index contributed by atoms with van der Waals surface area (Å²) in [6.07, 6.45) is 7.14. The predicted octanol–water partition coefficient (Wildman–Crippen LogP) is 3.85. The minimum Gasteiger partial charge on any atom is -0.370 e. The maximum absolute atomic E-state index is 4.61. The van der Waals surface area contributed by atoms with Crippen LogP contribution >= 0.6 is 0 Å². The van der Waals surface area contributed by atoms with E-state index >= 15 is 0 Å². The molecule has 2 N–H and O–H groups in total. The van der Waals surface area contributed by atoms with Gasteiger partial charge in [0.05, 0.1) is 0 Å². The second-order valence-corrected chi connectivity index (χ2v) is 5.94. The van der Waals surface area contributed by atoms with Gasteiger partial charge in [0.1, 0.15) is 17.5 Å². The molecule has 0 atom stereocenters. The molecule has 1 aliphatic rings. The lowest BCUT2D eigenvalue weighted by molar-refractivity contribution is 0.361. The summed E-state index contributed by atoms with van der Waals surface area (Å²) in [5.41, 5.74) is 0. The molecule has 0 amide bonds. The summed E-state index contributed by atoms with van der Waals surface area (Å²) in [5.74, 6) is 3.73. The van der Waals surface area contributed by atoms with Crippen LogP contribution in [0.3, 0.4) is 0 Å². The topological polar surface area (TPSA) is 49.8 Å². The van der Waals surface area contributed by atoms with Crippen LogP contribution in [-0.2, 0) is 6.42 Å². The SMILES string of the molecule is CCCNc1cc(NC2CCC(C)CC2)nc(CC)n1. The number of aryl methyl sites for hydroxylation is 1. The first-order valence-electron chi connectivity index (χ1n) is 8.09. The largest absolute Gasteiger partial charge is 0.370 e. The van der Waals surface area contributed by atoms with Gasteiger partial charge in [0, 0.05) is 25.1 Å². The summed E-state index contributed by atoms with van der Waals surface area (Å²) in [6.45, 7) is 7.58. The Morgan fingerprint density at radius 2 is 1.80 bits per heavy atom. The Kier molecular flexibility index (Phi) is 5.62. The molecule has 0 bridgehead atoms. The first kappa shape index (κ1) is 15.1. The molecule has 1 fully saturated rings. The molecule has 0 radical (unpaired) electrons. The Morgan fingerprint density at radius 1 is 1.10 bits per heavy atom. The fraction of sp³-hybridized carbons (Fsp3) is 0.750. The van der Waals surface area contributed by atoms with Crippen molar-refractivity contribution in [2.45, 2.75) is 65.3 Å². The standard InChI is InChI=1S/C16H28N4/c1-4-10-17-15-11-16(20-14(5-2)19-15)18-13-8-6-12(3)7-9-13/h11-13H,4-10H2,1-3H3,(H2,17,18,19,20). The lowest BCUT2D eigenvalue weighted by atomic mass is 9.87. The molecule has 0 unspecified atom stereocenters. The number of rotatable bonds is 6. The van der Waals surface area contributed by atoms with E-state index in [1.165, 1.54) is 25.7 Å². The first-order valence-corrected chi connectivity index (χ1v) is 8.09. The molecule has 0 aliphatic heterocycles. The van der Waals surface area contributed by atoms with E-state index in [0.29, 0.717) is 6.04 Å². The highest BCUT2D eigenvalue weighted by molar-refractivity contribution is 5.48. The molecule has 112 valence electrons. The van der Waals surface area contributed by atoms with E-state index in [1.807, 2.05) is 6.07 Å². The lowest BCUT2D eigenvalue weighted by Gasteiger charge is -2.27. The average Bonchev–Trinajstić information content (AvgIpc) is 2.47. The molecule has 1 aromatic heterocycles. The summed E-state index contributed by atoms with van der Waals surface area (Å²) in [4.78, 5) is 9.14. The molecular weight excluding hydrogens is 248 g/mol. The minimum absolute atomic E-state index is 0.574. The van der Waals surface area contributed by atoms with Crippen LogP contribution < -0.4 is 10.6 Å². The molecule has 1 aromatic rings. The van der Waals surface area contributed by atoms with Crippen LogP contribution in [0.15, 0.2) is 6.07 Å². The minimum atomic E-state index is 0.574. The Hall–Kier alpha value is -1.32. The van der Waals surface area contributed by atoms with Crippen molar-refractivity contribution in [1.29, 1.82) is 0 Å². The summed E-state index contributed by atoms with van der Waals surface area (Å²) in [6, 6.07) is 2.62.